The molecule has 0 radical (unpaired) electrons. The third-order valence-electron chi connectivity index (χ3n) is 3.92. The lowest BCUT2D eigenvalue weighted by Gasteiger charge is -2.11. The maximum atomic E-state index is 12.3. The molecular weight excluding hydrogens is 316 g/mol. The molecule has 0 atom stereocenters. The van der Waals surface area contributed by atoms with Crippen molar-refractivity contribution in [3.8, 4) is 11.5 Å². The number of rotatable bonds is 9. The summed E-state index contributed by atoms with van der Waals surface area (Å²) in [6.45, 7) is 3.25. The molecule has 2 aromatic carbocycles. The molecule has 2 rings (SSSR count). The van der Waals surface area contributed by atoms with E-state index in [0.29, 0.717) is 36.6 Å². The third-order valence-corrected chi connectivity index (χ3v) is 3.92. The molecule has 0 heterocycles. The molecule has 134 valence electrons. The van der Waals surface area contributed by atoms with Gasteiger partial charge in [-0.2, -0.15) is 0 Å². The Morgan fingerprint density at radius 1 is 1.16 bits per heavy atom. The van der Waals surface area contributed by atoms with Gasteiger partial charge in [-0.15, -0.1) is 0 Å². The van der Waals surface area contributed by atoms with E-state index >= 15 is 0 Å². The van der Waals surface area contributed by atoms with Crippen LogP contribution >= 0.6 is 0 Å². The Morgan fingerprint density at radius 2 is 1.92 bits per heavy atom. The second-order valence-corrected chi connectivity index (χ2v) is 5.98. The van der Waals surface area contributed by atoms with E-state index in [4.69, 9.17) is 10.5 Å². The fourth-order valence-electron chi connectivity index (χ4n) is 2.42. The van der Waals surface area contributed by atoms with Crippen LogP contribution in [0.2, 0.25) is 0 Å². The van der Waals surface area contributed by atoms with Gasteiger partial charge in [-0.1, -0.05) is 31.9 Å². The SMILES string of the molecule is CCCCCOc1cc(C(=O)NCCc2ccc(O)cc2)ccc1N. The Kier molecular flexibility index (Phi) is 7.14. The van der Waals surface area contributed by atoms with Crippen molar-refractivity contribution in [3.63, 3.8) is 0 Å². The molecule has 0 unspecified atom stereocenters. The van der Waals surface area contributed by atoms with Crippen molar-refractivity contribution in [2.45, 2.75) is 32.6 Å². The van der Waals surface area contributed by atoms with Crippen LogP contribution in [0, 0.1) is 0 Å². The monoisotopic (exact) mass is 342 g/mol. The van der Waals surface area contributed by atoms with Crippen LogP contribution in [0.5, 0.6) is 11.5 Å². The van der Waals surface area contributed by atoms with Gasteiger partial charge in [-0.05, 0) is 48.7 Å². The van der Waals surface area contributed by atoms with Gasteiger partial charge >= 0.3 is 0 Å². The fraction of sp³-hybridized carbons (Fsp3) is 0.350. The molecule has 5 heteroatoms. The molecule has 0 aliphatic heterocycles. The van der Waals surface area contributed by atoms with E-state index in [1.807, 2.05) is 12.1 Å². The second-order valence-electron chi connectivity index (χ2n) is 5.98. The molecule has 0 aliphatic rings. The Morgan fingerprint density at radius 3 is 2.64 bits per heavy atom. The zero-order valence-corrected chi connectivity index (χ0v) is 14.6. The first-order valence-electron chi connectivity index (χ1n) is 8.68. The number of nitrogen functional groups attached to an aromatic ring is 1. The minimum atomic E-state index is -0.155. The largest absolute Gasteiger partial charge is 0.508 e. The number of hydrogen-bond donors (Lipinski definition) is 3. The lowest BCUT2D eigenvalue weighted by molar-refractivity contribution is 0.0953. The Balaban J connectivity index is 1.86. The first kappa shape index (κ1) is 18.6. The number of nitrogens with two attached hydrogens (primary N) is 1. The number of phenols is 1. The molecule has 0 aromatic heterocycles. The number of ether oxygens (including phenoxy) is 1. The van der Waals surface area contributed by atoms with Gasteiger partial charge in [-0.3, -0.25) is 4.79 Å². The average Bonchev–Trinajstić information content (AvgIpc) is 2.61. The predicted octanol–water partition coefficient (Wildman–Crippen LogP) is 3.52. The van der Waals surface area contributed by atoms with Crippen LogP contribution in [0.4, 0.5) is 5.69 Å². The van der Waals surface area contributed by atoms with Crippen LogP contribution in [0.15, 0.2) is 42.5 Å². The second kappa shape index (κ2) is 9.57. The minimum absolute atomic E-state index is 0.155. The normalized spacial score (nSPS) is 10.4. The molecule has 0 bridgehead atoms. The number of unbranched alkanes of at least 4 members (excludes halogenated alkanes) is 2. The van der Waals surface area contributed by atoms with E-state index in [1.165, 1.54) is 0 Å². The van der Waals surface area contributed by atoms with Crippen molar-refractivity contribution in [2.24, 2.45) is 0 Å². The zero-order valence-electron chi connectivity index (χ0n) is 14.6. The molecule has 2 aromatic rings. The third kappa shape index (κ3) is 6.03. The van der Waals surface area contributed by atoms with Gasteiger partial charge < -0.3 is 20.9 Å². The first-order valence-corrected chi connectivity index (χ1v) is 8.68. The number of aromatic hydroxyl groups is 1. The van der Waals surface area contributed by atoms with Crippen molar-refractivity contribution in [1.82, 2.24) is 5.32 Å². The van der Waals surface area contributed by atoms with Crippen LogP contribution in [0.3, 0.4) is 0 Å². The van der Waals surface area contributed by atoms with E-state index < -0.39 is 0 Å². The van der Waals surface area contributed by atoms with Gasteiger partial charge in [0, 0.05) is 12.1 Å². The minimum Gasteiger partial charge on any atom is -0.508 e. The number of amides is 1. The average molecular weight is 342 g/mol. The number of hydrogen-bond acceptors (Lipinski definition) is 4. The molecule has 1 amide bonds. The lowest BCUT2D eigenvalue weighted by Crippen LogP contribution is -2.25. The highest BCUT2D eigenvalue weighted by Crippen LogP contribution is 2.23. The Labute approximate surface area is 148 Å². The van der Waals surface area contributed by atoms with Crippen LogP contribution in [-0.2, 0) is 6.42 Å². The van der Waals surface area contributed by atoms with E-state index in [1.54, 1.807) is 30.3 Å². The first-order chi connectivity index (χ1) is 12.1. The van der Waals surface area contributed by atoms with Crippen molar-refractivity contribution < 1.29 is 14.6 Å². The number of carbonyl (C=O) groups is 1. The summed E-state index contributed by atoms with van der Waals surface area (Å²) in [5, 5.41) is 12.2. The standard InChI is InChI=1S/C20H26N2O3/c1-2-3-4-13-25-19-14-16(7-10-18(19)21)20(24)22-12-11-15-5-8-17(23)9-6-15/h5-10,14,23H,2-4,11-13,21H2,1H3,(H,22,24). The summed E-state index contributed by atoms with van der Waals surface area (Å²) in [5.41, 5.74) is 8.04. The van der Waals surface area contributed by atoms with E-state index in [0.717, 1.165) is 24.8 Å². The summed E-state index contributed by atoms with van der Waals surface area (Å²) < 4.78 is 5.69. The zero-order chi connectivity index (χ0) is 18.1. The highest BCUT2D eigenvalue weighted by atomic mass is 16.5. The Bertz CT molecular complexity index is 684. The summed E-state index contributed by atoms with van der Waals surface area (Å²) in [4.78, 5) is 12.3. The highest BCUT2D eigenvalue weighted by molar-refractivity contribution is 5.95. The van der Waals surface area contributed by atoms with Crippen molar-refractivity contribution in [3.05, 3.63) is 53.6 Å². The van der Waals surface area contributed by atoms with Crippen LogP contribution < -0.4 is 15.8 Å². The molecule has 0 fully saturated rings. The molecule has 0 saturated carbocycles. The van der Waals surface area contributed by atoms with Crippen LogP contribution in [0.1, 0.15) is 42.1 Å². The van der Waals surface area contributed by atoms with Crippen molar-refractivity contribution in [1.29, 1.82) is 0 Å². The topological polar surface area (TPSA) is 84.6 Å². The summed E-state index contributed by atoms with van der Waals surface area (Å²) in [7, 11) is 0. The summed E-state index contributed by atoms with van der Waals surface area (Å²) in [6.07, 6.45) is 3.90. The quantitative estimate of drug-likeness (QED) is 0.481. The smallest absolute Gasteiger partial charge is 0.251 e. The number of anilines is 1. The highest BCUT2D eigenvalue weighted by Gasteiger charge is 2.09. The van der Waals surface area contributed by atoms with Gasteiger partial charge in [0.1, 0.15) is 11.5 Å². The van der Waals surface area contributed by atoms with E-state index in [-0.39, 0.29) is 11.7 Å². The summed E-state index contributed by atoms with van der Waals surface area (Å²) >= 11 is 0. The van der Waals surface area contributed by atoms with Gasteiger partial charge in [0.15, 0.2) is 0 Å². The molecule has 5 nitrogen and oxygen atoms in total. The summed E-state index contributed by atoms with van der Waals surface area (Å²) in [6, 6.07) is 12.0. The maximum absolute atomic E-state index is 12.3. The van der Waals surface area contributed by atoms with E-state index in [9.17, 15) is 9.90 Å². The number of carbonyl (C=O) groups excluding carboxylic acids is 1. The molecule has 4 N–H and O–H groups in total. The van der Waals surface area contributed by atoms with E-state index in [2.05, 4.69) is 12.2 Å². The van der Waals surface area contributed by atoms with Crippen LogP contribution in [0.25, 0.3) is 0 Å². The lowest BCUT2D eigenvalue weighted by atomic mass is 10.1. The fourth-order valence-corrected chi connectivity index (χ4v) is 2.42. The van der Waals surface area contributed by atoms with Crippen molar-refractivity contribution >= 4 is 11.6 Å². The van der Waals surface area contributed by atoms with Gasteiger partial charge in [0.05, 0.1) is 12.3 Å². The predicted molar refractivity (Wildman–Crippen MR) is 100 cm³/mol. The number of phenolic OH excluding ortho intramolecular Hbond substituents is 1. The molecule has 0 spiro atoms. The molecule has 25 heavy (non-hydrogen) atoms. The van der Waals surface area contributed by atoms with Gasteiger partial charge in [0.25, 0.3) is 5.91 Å². The van der Waals surface area contributed by atoms with Gasteiger partial charge in [0.2, 0.25) is 0 Å². The molecule has 0 aliphatic carbocycles. The molecule has 0 saturated heterocycles. The number of nitrogens with one attached hydrogen (secondary N) is 1. The summed E-state index contributed by atoms with van der Waals surface area (Å²) in [5.74, 6) is 0.639. The Hall–Kier alpha value is -2.69. The van der Waals surface area contributed by atoms with Crippen LogP contribution in [-0.4, -0.2) is 24.2 Å². The number of benzene rings is 2. The van der Waals surface area contributed by atoms with Crippen molar-refractivity contribution in [2.75, 3.05) is 18.9 Å². The van der Waals surface area contributed by atoms with Gasteiger partial charge in [-0.25, -0.2) is 0 Å². The molecular formula is C20H26N2O3. The maximum Gasteiger partial charge on any atom is 0.251 e.